The standard InChI is InChI=1S/C13H21NO.C12H19NO/c1-13(2,8-12(14)15)7-11-6-9-3-4-10(11)5-9;1-3-13-12(14)7-11-8(2)9-4-5-10(11)6-9/h3-4,9-11H,5-8H2,1-2H3,(H2,14,15);4-5,8-11H,3,6-7H2,1-2H3,(H,13,14). The normalized spacial score (nSPS) is 36.2. The molecule has 0 heterocycles. The van der Waals surface area contributed by atoms with Gasteiger partial charge in [0.25, 0.3) is 0 Å². The fourth-order valence-corrected chi connectivity index (χ4v) is 6.38. The lowest BCUT2D eigenvalue weighted by Gasteiger charge is -2.29. The predicted octanol–water partition coefficient (Wildman–Crippen LogP) is 4.46. The zero-order chi connectivity index (χ0) is 21.2. The van der Waals surface area contributed by atoms with Gasteiger partial charge in [-0.05, 0) is 79.4 Å². The van der Waals surface area contributed by atoms with Crippen LogP contribution in [0.3, 0.4) is 0 Å². The average molecular weight is 401 g/mol. The lowest BCUT2D eigenvalue weighted by molar-refractivity contribution is -0.122. The van der Waals surface area contributed by atoms with Crippen molar-refractivity contribution in [3.63, 3.8) is 0 Å². The molecular formula is C25H40N2O2. The molecule has 2 amide bonds. The van der Waals surface area contributed by atoms with Gasteiger partial charge < -0.3 is 11.1 Å². The number of fused-ring (bicyclic) bond motifs is 4. The van der Waals surface area contributed by atoms with Gasteiger partial charge in [0.05, 0.1) is 0 Å². The Labute approximate surface area is 176 Å². The van der Waals surface area contributed by atoms with Crippen molar-refractivity contribution in [2.75, 3.05) is 6.54 Å². The fourth-order valence-electron chi connectivity index (χ4n) is 6.38. The third-order valence-corrected chi connectivity index (χ3v) is 7.73. The van der Waals surface area contributed by atoms with Crippen molar-refractivity contribution in [2.45, 2.75) is 66.2 Å². The first-order chi connectivity index (χ1) is 13.7. The van der Waals surface area contributed by atoms with Gasteiger partial charge in [0.1, 0.15) is 0 Å². The second-order valence-corrected chi connectivity index (χ2v) is 10.7. The molecule has 0 aromatic rings. The summed E-state index contributed by atoms with van der Waals surface area (Å²) in [5, 5.41) is 2.89. The monoisotopic (exact) mass is 400 g/mol. The van der Waals surface area contributed by atoms with E-state index in [1.54, 1.807) is 0 Å². The maximum atomic E-state index is 11.5. The first kappa shape index (κ1) is 22.1. The number of carbonyl (C=O) groups is 2. The van der Waals surface area contributed by atoms with Crippen LogP contribution >= 0.6 is 0 Å². The van der Waals surface area contributed by atoms with E-state index in [0.29, 0.717) is 24.2 Å². The Morgan fingerprint density at radius 3 is 2.24 bits per heavy atom. The van der Waals surface area contributed by atoms with E-state index in [-0.39, 0.29) is 17.2 Å². The second kappa shape index (κ2) is 9.06. The molecule has 3 N–H and O–H groups in total. The minimum atomic E-state index is -0.168. The summed E-state index contributed by atoms with van der Waals surface area (Å²) in [6.45, 7) is 9.34. The molecule has 4 aliphatic rings. The van der Waals surface area contributed by atoms with E-state index in [2.05, 4.69) is 50.4 Å². The van der Waals surface area contributed by atoms with E-state index >= 15 is 0 Å². The number of hydrogen-bond donors (Lipinski definition) is 2. The predicted molar refractivity (Wildman–Crippen MR) is 118 cm³/mol. The van der Waals surface area contributed by atoms with Crippen LogP contribution in [0, 0.1) is 46.8 Å². The molecule has 162 valence electrons. The van der Waals surface area contributed by atoms with E-state index in [0.717, 1.165) is 43.1 Å². The van der Waals surface area contributed by atoms with Gasteiger partial charge in [0.2, 0.25) is 11.8 Å². The fraction of sp³-hybridized carbons (Fsp3) is 0.760. The molecule has 0 saturated heterocycles. The van der Waals surface area contributed by atoms with Crippen molar-refractivity contribution < 1.29 is 9.59 Å². The van der Waals surface area contributed by atoms with Crippen LogP contribution in [0.2, 0.25) is 0 Å². The Hall–Kier alpha value is -1.58. The highest BCUT2D eigenvalue weighted by Crippen LogP contribution is 2.49. The van der Waals surface area contributed by atoms with Crippen LogP contribution in [-0.4, -0.2) is 18.4 Å². The summed E-state index contributed by atoms with van der Waals surface area (Å²) in [5.74, 6) is 5.17. The van der Waals surface area contributed by atoms with Gasteiger partial charge in [0, 0.05) is 19.4 Å². The summed E-state index contributed by atoms with van der Waals surface area (Å²) in [7, 11) is 0. The molecule has 2 fully saturated rings. The van der Waals surface area contributed by atoms with Crippen LogP contribution in [0.5, 0.6) is 0 Å². The molecule has 0 aromatic carbocycles. The highest BCUT2D eigenvalue weighted by atomic mass is 16.1. The lowest BCUT2D eigenvalue weighted by Crippen LogP contribution is -2.28. The first-order valence-electron chi connectivity index (χ1n) is 11.6. The van der Waals surface area contributed by atoms with Gasteiger partial charge in [-0.15, -0.1) is 0 Å². The summed E-state index contributed by atoms with van der Waals surface area (Å²) >= 11 is 0. The molecule has 2 saturated carbocycles. The van der Waals surface area contributed by atoms with Crippen LogP contribution in [0.1, 0.15) is 66.2 Å². The van der Waals surface area contributed by atoms with Gasteiger partial charge in [-0.25, -0.2) is 0 Å². The third kappa shape index (κ3) is 5.52. The third-order valence-electron chi connectivity index (χ3n) is 7.73. The number of primary amides is 1. The maximum absolute atomic E-state index is 11.5. The maximum Gasteiger partial charge on any atom is 0.220 e. The SMILES string of the molecule is CC(C)(CC(N)=O)CC1CC2C=CC1C2.CCNC(=O)CC1C2C=CC(C2)C1C. The molecule has 0 spiro atoms. The number of hydrogen-bond acceptors (Lipinski definition) is 2. The molecular weight excluding hydrogens is 360 g/mol. The molecule has 4 bridgehead atoms. The molecule has 4 rings (SSSR count). The van der Waals surface area contributed by atoms with E-state index in [9.17, 15) is 9.59 Å². The largest absolute Gasteiger partial charge is 0.370 e. The summed E-state index contributed by atoms with van der Waals surface area (Å²) in [6, 6.07) is 0. The summed E-state index contributed by atoms with van der Waals surface area (Å²) < 4.78 is 0. The molecule has 0 aromatic heterocycles. The van der Waals surface area contributed by atoms with Crippen molar-refractivity contribution in [3.8, 4) is 0 Å². The van der Waals surface area contributed by atoms with Gasteiger partial charge in [0.15, 0.2) is 0 Å². The second-order valence-electron chi connectivity index (χ2n) is 10.7. The molecule has 0 aliphatic heterocycles. The number of allylic oxidation sites excluding steroid dienone is 4. The van der Waals surface area contributed by atoms with Gasteiger partial charge in [-0.2, -0.15) is 0 Å². The van der Waals surface area contributed by atoms with Crippen LogP contribution in [0.15, 0.2) is 24.3 Å². The molecule has 0 radical (unpaired) electrons. The smallest absolute Gasteiger partial charge is 0.220 e. The minimum Gasteiger partial charge on any atom is -0.370 e. The van der Waals surface area contributed by atoms with E-state index in [4.69, 9.17) is 5.73 Å². The topological polar surface area (TPSA) is 72.2 Å². The van der Waals surface area contributed by atoms with Crippen molar-refractivity contribution in [1.82, 2.24) is 5.32 Å². The van der Waals surface area contributed by atoms with Crippen LogP contribution < -0.4 is 11.1 Å². The van der Waals surface area contributed by atoms with Crippen LogP contribution in [0.4, 0.5) is 0 Å². The molecule has 7 atom stereocenters. The Morgan fingerprint density at radius 2 is 1.72 bits per heavy atom. The quantitative estimate of drug-likeness (QED) is 0.619. The Morgan fingerprint density at radius 1 is 1.03 bits per heavy atom. The Balaban J connectivity index is 0.000000166. The number of carbonyl (C=O) groups excluding carboxylic acids is 2. The first-order valence-corrected chi connectivity index (χ1v) is 11.6. The summed E-state index contributed by atoms with van der Waals surface area (Å²) in [5.41, 5.74) is 5.35. The van der Waals surface area contributed by atoms with Gasteiger partial charge >= 0.3 is 0 Å². The van der Waals surface area contributed by atoms with Crippen molar-refractivity contribution in [2.24, 2.45) is 52.6 Å². The van der Waals surface area contributed by atoms with E-state index in [1.807, 2.05) is 6.92 Å². The zero-order valence-electron chi connectivity index (χ0n) is 18.7. The van der Waals surface area contributed by atoms with E-state index in [1.165, 1.54) is 19.3 Å². The number of rotatable bonds is 7. The minimum absolute atomic E-state index is 0.0782. The van der Waals surface area contributed by atoms with Crippen molar-refractivity contribution in [1.29, 1.82) is 0 Å². The summed E-state index contributed by atoms with van der Waals surface area (Å²) in [4.78, 5) is 22.4. The Bertz CT molecular complexity index is 666. The van der Waals surface area contributed by atoms with Gasteiger partial charge in [-0.1, -0.05) is 45.1 Å². The number of amides is 2. The summed E-state index contributed by atoms with van der Waals surface area (Å²) in [6.07, 6.45) is 15.7. The van der Waals surface area contributed by atoms with Crippen molar-refractivity contribution >= 4 is 11.8 Å². The lowest BCUT2D eigenvalue weighted by atomic mass is 9.76. The molecule has 4 nitrogen and oxygen atoms in total. The average Bonchev–Trinajstić information content (AvgIpc) is 3.37. The highest BCUT2D eigenvalue weighted by Gasteiger charge is 2.42. The molecule has 4 heteroatoms. The molecule has 4 aliphatic carbocycles. The van der Waals surface area contributed by atoms with Crippen molar-refractivity contribution in [3.05, 3.63) is 24.3 Å². The molecule has 7 unspecified atom stereocenters. The highest BCUT2D eigenvalue weighted by molar-refractivity contribution is 5.76. The van der Waals surface area contributed by atoms with E-state index < -0.39 is 0 Å². The van der Waals surface area contributed by atoms with Crippen LogP contribution in [-0.2, 0) is 9.59 Å². The molecule has 29 heavy (non-hydrogen) atoms. The Kier molecular flexibility index (Phi) is 6.90. The van der Waals surface area contributed by atoms with Gasteiger partial charge in [-0.3, -0.25) is 9.59 Å². The van der Waals surface area contributed by atoms with Crippen LogP contribution in [0.25, 0.3) is 0 Å². The zero-order valence-corrected chi connectivity index (χ0v) is 18.7. The number of nitrogens with one attached hydrogen (secondary N) is 1. The number of nitrogens with two attached hydrogens (primary N) is 1.